The molecule has 0 aliphatic heterocycles. The van der Waals surface area contributed by atoms with E-state index in [9.17, 15) is 4.79 Å². The summed E-state index contributed by atoms with van der Waals surface area (Å²) in [4.78, 5) is 15.9. The minimum atomic E-state index is -0.473. The van der Waals surface area contributed by atoms with Crippen molar-refractivity contribution in [2.75, 3.05) is 6.54 Å². The molecule has 0 unspecified atom stereocenters. The molecule has 0 atom stereocenters. The van der Waals surface area contributed by atoms with E-state index in [0.717, 1.165) is 16.7 Å². The monoisotopic (exact) mass is 298 g/mol. The molecule has 0 radical (unpaired) electrons. The van der Waals surface area contributed by atoms with Gasteiger partial charge in [-0.3, -0.25) is 4.98 Å². The van der Waals surface area contributed by atoms with E-state index < -0.39 is 5.60 Å². The standard InChI is InChI=1S/C18H22N2O2/c1-18(2,3)22-17(21)20-10-9-14-11-16(13-19-12-14)15-7-5-4-6-8-15/h4-8,11-13H,9-10H2,1-3H3,(H,20,21). The van der Waals surface area contributed by atoms with Crippen molar-refractivity contribution < 1.29 is 9.53 Å². The predicted molar refractivity (Wildman–Crippen MR) is 87.6 cm³/mol. The van der Waals surface area contributed by atoms with Gasteiger partial charge in [-0.1, -0.05) is 30.3 Å². The lowest BCUT2D eigenvalue weighted by Gasteiger charge is -2.19. The SMILES string of the molecule is CC(C)(C)OC(=O)NCCc1cncc(-c2ccccc2)c1. The molecule has 0 aliphatic carbocycles. The number of aromatic nitrogens is 1. The van der Waals surface area contributed by atoms with Gasteiger partial charge >= 0.3 is 6.09 Å². The summed E-state index contributed by atoms with van der Waals surface area (Å²) in [6, 6.07) is 12.2. The van der Waals surface area contributed by atoms with E-state index in [0.29, 0.717) is 13.0 Å². The van der Waals surface area contributed by atoms with Gasteiger partial charge in [0, 0.05) is 24.5 Å². The minimum absolute atomic E-state index is 0.389. The van der Waals surface area contributed by atoms with Crippen LogP contribution in [-0.4, -0.2) is 23.2 Å². The summed E-state index contributed by atoms with van der Waals surface area (Å²) < 4.78 is 5.20. The zero-order valence-electron chi connectivity index (χ0n) is 13.3. The molecule has 4 nitrogen and oxygen atoms in total. The summed E-state index contributed by atoms with van der Waals surface area (Å²) in [6.45, 7) is 6.06. The summed E-state index contributed by atoms with van der Waals surface area (Å²) >= 11 is 0. The second-order valence-corrected chi connectivity index (χ2v) is 6.13. The first kappa shape index (κ1) is 16.0. The third-order valence-electron chi connectivity index (χ3n) is 2.98. The van der Waals surface area contributed by atoms with E-state index in [-0.39, 0.29) is 6.09 Å². The van der Waals surface area contributed by atoms with Gasteiger partial charge in [0.25, 0.3) is 0 Å². The molecule has 116 valence electrons. The van der Waals surface area contributed by atoms with Gasteiger partial charge in [-0.15, -0.1) is 0 Å². The number of alkyl carbamates (subject to hydrolysis) is 1. The van der Waals surface area contributed by atoms with Gasteiger partial charge in [0.1, 0.15) is 5.60 Å². The van der Waals surface area contributed by atoms with E-state index in [1.807, 2.05) is 51.4 Å². The summed E-state index contributed by atoms with van der Waals surface area (Å²) in [5, 5.41) is 2.76. The number of hydrogen-bond acceptors (Lipinski definition) is 3. The number of amides is 1. The van der Waals surface area contributed by atoms with E-state index in [1.54, 1.807) is 0 Å². The van der Waals surface area contributed by atoms with Crippen LogP contribution < -0.4 is 5.32 Å². The van der Waals surface area contributed by atoms with Gasteiger partial charge in [-0.05, 0) is 44.4 Å². The molecule has 1 N–H and O–H groups in total. The Bertz CT molecular complexity index is 618. The quantitative estimate of drug-likeness (QED) is 0.933. The summed E-state index contributed by atoms with van der Waals surface area (Å²) in [7, 11) is 0. The Morgan fingerprint density at radius 1 is 1.14 bits per heavy atom. The van der Waals surface area contributed by atoms with E-state index in [2.05, 4.69) is 28.5 Å². The molecule has 4 heteroatoms. The molecule has 1 aromatic carbocycles. The molecule has 0 fully saturated rings. The molecule has 2 rings (SSSR count). The second kappa shape index (κ2) is 7.07. The Kier molecular flexibility index (Phi) is 5.15. The van der Waals surface area contributed by atoms with Crippen LogP contribution in [0.25, 0.3) is 11.1 Å². The van der Waals surface area contributed by atoms with E-state index in [1.165, 1.54) is 0 Å². The minimum Gasteiger partial charge on any atom is -0.444 e. The third kappa shape index (κ3) is 5.20. The van der Waals surface area contributed by atoms with E-state index >= 15 is 0 Å². The van der Waals surface area contributed by atoms with Gasteiger partial charge in [-0.2, -0.15) is 0 Å². The fourth-order valence-corrected chi connectivity index (χ4v) is 2.04. The molecule has 1 amide bonds. The highest BCUT2D eigenvalue weighted by Gasteiger charge is 2.15. The van der Waals surface area contributed by atoms with Gasteiger partial charge in [0.05, 0.1) is 0 Å². The molecule has 0 saturated carbocycles. The van der Waals surface area contributed by atoms with Crippen LogP contribution in [0.5, 0.6) is 0 Å². The number of nitrogens with zero attached hydrogens (tertiary/aromatic N) is 1. The first-order valence-electron chi connectivity index (χ1n) is 7.40. The van der Waals surface area contributed by atoms with Gasteiger partial charge in [0.2, 0.25) is 0 Å². The lowest BCUT2D eigenvalue weighted by atomic mass is 10.1. The first-order chi connectivity index (χ1) is 10.4. The summed E-state index contributed by atoms with van der Waals surface area (Å²) in [5.74, 6) is 0. The molecular weight excluding hydrogens is 276 g/mol. The van der Waals surface area contributed by atoms with Gasteiger partial charge < -0.3 is 10.1 Å². The highest BCUT2D eigenvalue weighted by atomic mass is 16.6. The zero-order chi connectivity index (χ0) is 16.0. The Labute approximate surface area is 131 Å². The summed E-state index contributed by atoms with van der Waals surface area (Å²) in [6.07, 6.45) is 4.00. The fraction of sp³-hybridized carbons (Fsp3) is 0.333. The van der Waals surface area contributed by atoms with Crippen molar-refractivity contribution in [3.05, 3.63) is 54.4 Å². The first-order valence-corrected chi connectivity index (χ1v) is 7.40. The van der Waals surface area contributed by atoms with Crippen LogP contribution in [0, 0.1) is 0 Å². The molecule has 0 aliphatic rings. The van der Waals surface area contributed by atoms with Crippen molar-refractivity contribution in [3.63, 3.8) is 0 Å². The molecule has 1 heterocycles. The van der Waals surface area contributed by atoms with E-state index in [4.69, 9.17) is 4.74 Å². The predicted octanol–water partition coefficient (Wildman–Crippen LogP) is 3.82. The Morgan fingerprint density at radius 3 is 2.55 bits per heavy atom. The van der Waals surface area contributed by atoms with Crippen LogP contribution in [0.1, 0.15) is 26.3 Å². The molecular formula is C18H22N2O2. The highest BCUT2D eigenvalue weighted by Crippen LogP contribution is 2.18. The largest absolute Gasteiger partial charge is 0.444 e. The lowest BCUT2D eigenvalue weighted by molar-refractivity contribution is 0.0528. The van der Waals surface area contributed by atoms with Crippen molar-refractivity contribution in [3.8, 4) is 11.1 Å². The molecule has 0 bridgehead atoms. The maximum Gasteiger partial charge on any atom is 0.407 e. The van der Waals surface area contributed by atoms with Crippen molar-refractivity contribution in [2.24, 2.45) is 0 Å². The van der Waals surface area contributed by atoms with Crippen LogP contribution in [0.3, 0.4) is 0 Å². The number of benzene rings is 1. The second-order valence-electron chi connectivity index (χ2n) is 6.13. The molecule has 1 aromatic heterocycles. The molecule has 2 aromatic rings. The van der Waals surface area contributed by atoms with Crippen LogP contribution in [0.4, 0.5) is 4.79 Å². The van der Waals surface area contributed by atoms with Crippen LogP contribution in [0.2, 0.25) is 0 Å². The Morgan fingerprint density at radius 2 is 1.86 bits per heavy atom. The average molecular weight is 298 g/mol. The number of carbonyl (C=O) groups is 1. The normalized spacial score (nSPS) is 11.0. The van der Waals surface area contributed by atoms with Crippen molar-refractivity contribution >= 4 is 6.09 Å². The van der Waals surface area contributed by atoms with Crippen molar-refractivity contribution in [1.82, 2.24) is 10.3 Å². The molecule has 0 saturated heterocycles. The van der Waals surface area contributed by atoms with Crippen LogP contribution in [0.15, 0.2) is 48.8 Å². The maximum absolute atomic E-state index is 11.6. The number of rotatable bonds is 4. The number of nitrogens with one attached hydrogen (secondary N) is 1. The van der Waals surface area contributed by atoms with Crippen molar-refractivity contribution in [1.29, 1.82) is 0 Å². The lowest BCUT2D eigenvalue weighted by Crippen LogP contribution is -2.33. The Balaban J connectivity index is 1.90. The average Bonchev–Trinajstić information content (AvgIpc) is 2.47. The van der Waals surface area contributed by atoms with Gasteiger partial charge in [-0.25, -0.2) is 4.79 Å². The number of ether oxygens (including phenoxy) is 1. The van der Waals surface area contributed by atoms with Gasteiger partial charge in [0.15, 0.2) is 0 Å². The maximum atomic E-state index is 11.6. The van der Waals surface area contributed by atoms with Crippen LogP contribution in [-0.2, 0) is 11.2 Å². The Hall–Kier alpha value is -2.36. The van der Waals surface area contributed by atoms with Crippen LogP contribution >= 0.6 is 0 Å². The smallest absolute Gasteiger partial charge is 0.407 e. The number of hydrogen-bond donors (Lipinski definition) is 1. The fourth-order valence-electron chi connectivity index (χ4n) is 2.04. The molecule has 0 spiro atoms. The van der Waals surface area contributed by atoms with Crippen molar-refractivity contribution in [2.45, 2.75) is 32.8 Å². The summed E-state index contributed by atoms with van der Waals surface area (Å²) in [5.41, 5.74) is 2.82. The number of carbonyl (C=O) groups excluding carboxylic acids is 1. The zero-order valence-corrected chi connectivity index (χ0v) is 13.3. The number of pyridine rings is 1. The topological polar surface area (TPSA) is 51.2 Å². The molecule has 22 heavy (non-hydrogen) atoms. The third-order valence-corrected chi connectivity index (χ3v) is 2.98. The highest BCUT2D eigenvalue weighted by molar-refractivity contribution is 5.67.